The molecule has 0 unspecified atom stereocenters. The Kier molecular flexibility index (Phi) is 10.3. The Labute approximate surface area is 218 Å². The van der Waals surface area contributed by atoms with Crippen molar-refractivity contribution in [2.24, 2.45) is 0 Å². The van der Waals surface area contributed by atoms with E-state index in [0.717, 1.165) is 56.8 Å². The van der Waals surface area contributed by atoms with Crippen molar-refractivity contribution in [1.82, 2.24) is 0 Å². The molecule has 35 heavy (non-hydrogen) atoms. The summed E-state index contributed by atoms with van der Waals surface area (Å²) in [6.45, 7) is 22.4. The zero-order chi connectivity index (χ0) is 26.4. The van der Waals surface area contributed by atoms with Crippen molar-refractivity contribution in [2.75, 3.05) is 0 Å². The van der Waals surface area contributed by atoms with Gasteiger partial charge in [0.2, 0.25) is 0 Å². The SMILES string of the molecule is C=C1C(C)=C(C2=C(F)CCC=C2)Cc2c1cc(C)cc2C(C)C.[B]=C(C)C(=C)/C(C)=C\C=C(/C)Cl. The van der Waals surface area contributed by atoms with Crippen LogP contribution in [0.1, 0.15) is 82.6 Å². The van der Waals surface area contributed by atoms with Crippen LogP contribution < -0.4 is 0 Å². The second-order valence-corrected chi connectivity index (χ2v) is 10.4. The molecule has 1 aromatic rings. The van der Waals surface area contributed by atoms with Crippen LogP contribution in [-0.4, -0.2) is 13.0 Å². The van der Waals surface area contributed by atoms with Gasteiger partial charge in [-0.3, -0.25) is 0 Å². The summed E-state index contributed by atoms with van der Waals surface area (Å²) in [5.74, 6) is 0.480. The Bertz CT molecular complexity index is 1190. The number of hydrogen-bond donors (Lipinski definition) is 0. The number of hydrogen-bond acceptors (Lipinski definition) is 0. The van der Waals surface area contributed by atoms with E-state index in [1.54, 1.807) is 0 Å². The van der Waals surface area contributed by atoms with E-state index in [0.29, 0.717) is 12.3 Å². The molecule has 0 amide bonds. The van der Waals surface area contributed by atoms with Crippen LogP contribution in [0, 0.1) is 6.92 Å². The van der Waals surface area contributed by atoms with Gasteiger partial charge in [0.1, 0.15) is 5.83 Å². The van der Waals surface area contributed by atoms with Crippen LogP contribution in [0.3, 0.4) is 0 Å². The van der Waals surface area contributed by atoms with Gasteiger partial charge in [0.15, 0.2) is 0 Å². The van der Waals surface area contributed by atoms with Gasteiger partial charge in [-0.2, -0.15) is 0 Å². The van der Waals surface area contributed by atoms with Gasteiger partial charge in [-0.25, -0.2) is 4.39 Å². The Morgan fingerprint density at radius 2 is 1.80 bits per heavy atom. The number of allylic oxidation sites excluding steroid dienone is 12. The van der Waals surface area contributed by atoms with E-state index in [9.17, 15) is 4.39 Å². The molecule has 0 N–H and O–H groups in total. The predicted molar refractivity (Wildman–Crippen MR) is 156 cm³/mol. The van der Waals surface area contributed by atoms with E-state index in [1.165, 1.54) is 22.3 Å². The van der Waals surface area contributed by atoms with Crippen molar-refractivity contribution in [3.05, 3.63) is 111 Å². The monoisotopic (exact) mass is 487 g/mol. The number of rotatable bonds is 5. The summed E-state index contributed by atoms with van der Waals surface area (Å²) < 4.78 is 14.4. The molecule has 3 heteroatoms. The molecule has 0 saturated heterocycles. The number of benzene rings is 1. The van der Waals surface area contributed by atoms with E-state index >= 15 is 0 Å². The third-order valence-electron chi connectivity index (χ3n) is 6.58. The first-order valence-electron chi connectivity index (χ1n) is 12.2. The van der Waals surface area contributed by atoms with Gasteiger partial charge in [0.25, 0.3) is 0 Å². The molecule has 2 aliphatic rings. The maximum absolute atomic E-state index is 14.4. The quantitative estimate of drug-likeness (QED) is 0.286. The molecule has 0 aromatic heterocycles. The topological polar surface area (TPSA) is 0 Å². The van der Waals surface area contributed by atoms with Crippen LogP contribution in [0.15, 0.2) is 88.3 Å². The van der Waals surface area contributed by atoms with Gasteiger partial charge >= 0.3 is 80.2 Å². The molecule has 0 aliphatic heterocycles. The molecule has 0 heterocycles. The minimum absolute atomic E-state index is 0.0244. The zero-order valence-electron chi connectivity index (χ0n) is 22.4. The molecule has 1 aromatic carbocycles. The predicted octanol–water partition coefficient (Wildman–Crippen LogP) is 9.57. The molecule has 0 fully saturated rings. The third-order valence-corrected chi connectivity index (χ3v) is 6.71. The number of aryl methyl sites for hydroxylation is 1. The van der Waals surface area contributed by atoms with E-state index in [1.807, 2.05) is 39.0 Å². The van der Waals surface area contributed by atoms with Crippen molar-refractivity contribution in [3.63, 3.8) is 0 Å². The number of halogens is 2. The van der Waals surface area contributed by atoms with E-state index in [4.69, 9.17) is 19.1 Å². The van der Waals surface area contributed by atoms with Gasteiger partial charge in [-0.05, 0) is 66.0 Å². The van der Waals surface area contributed by atoms with E-state index in [-0.39, 0.29) is 5.83 Å². The molecular weight excluding hydrogens is 450 g/mol. The molecule has 0 nitrogen and oxygen atoms in total. The summed E-state index contributed by atoms with van der Waals surface area (Å²) in [6.07, 6.45) is 9.89. The average molecular weight is 488 g/mol. The molecule has 0 bridgehead atoms. The van der Waals surface area contributed by atoms with Crippen LogP contribution in [0.5, 0.6) is 0 Å². The average Bonchev–Trinajstić information content (AvgIpc) is 2.80. The van der Waals surface area contributed by atoms with Gasteiger partial charge in [-0.15, -0.1) is 0 Å². The molecule has 3 rings (SSSR count). The first-order chi connectivity index (χ1) is 16.3. The van der Waals surface area contributed by atoms with E-state index < -0.39 is 0 Å². The Balaban J connectivity index is 0.000000307. The molecular formula is C32H38BClF. The van der Waals surface area contributed by atoms with Crippen LogP contribution >= 0.6 is 11.6 Å². The first-order valence-corrected chi connectivity index (χ1v) is 12.6. The maximum atomic E-state index is 14.4. The molecule has 183 valence electrons. The second kappa shape index (κ2) is 12.5. The van der Waals surface area contributed by atoms with Crippen LogP contribution in [0.25, 0.3) is 5.57 Å². The minimum atomic E-state index is 0.0244. The third kappa shape index (κ3) is 7.27. The molecule has 2 aliphatic carbocycles. The fourth-order valence-corrected chi connectivity index (χ4v) is 4.43. The van der Waals surface area contributed by atoms with Crippen LogP contribution in [0.2, 0.25) is 0 Å². The normalized spacial score (nSPS) is 16.3. The molecule has 0 spiro atoms. The summed E-state index contributed by atoms with van der Waals surface area (Å²) in [4.78, 5) is 0. The van der Waals surface area contributed by atoms with Gasteiger partial charge in [0.05, 0.1) is 0 Å². The fourth-order valence-electron chi connectivity index (χ4n) is 4.37. The zero-order valence-corrected chi connectivity index (χ0v) is 23.2. The summed E-state index contributed by atoms with van der Waals surface area (Å²) in [5, 5.41) is 0.747. The summed E-state index contributed by atoms with van der Waals surface area (Å²) >= 11 is 5.65. The van der Waals surface area contributed by atoms with Crippen molar-refractivity contribution < 1.29 is 4.39 Å². The van der Waals surface area contributed by atoms with E-state index in [2.05, 4.69) is 59.1 Å². The molecule has 1 radical (unpaired) electrons. The number of fused-ring (bicyclic) bond motifs is 1. The standard InChI is InChI=1S/C22H25F.C10H13BCl/c1-13(2)18-10-14(3)11-19-15(4)16(5)20(12-21(18)19)17-8-6-7-9-22(17)23;1-7(5-6-8(2)12)9(3)10(4)11/h6,8,10-11,13H,4,7,9,12H2,1-3,5H3;5-6H,3H2,1-2,4H3/b;7-5-,8-6+. The van der Waals surface area contributed by atoms with Crippen LogP contribution in [-0.2, 0) is 6.42 Å². The van der Waals surface area contributed by atoms with Crippen molar-refractivity contribution in [2.45, 2.75) is 73.6 Å². The Morgan fingerprint density at radius 1 is 1.14 bits per heavy atom. The van der Waals surface area contributed by atoms with Gasteiger partial charge in [-0.1, -0.05) is 50.3 Å². The molecule has 0 atom stereocenters. The Morgan fingerprint density at radius 3 is 2.34 bits per heavy atom. The van der Waals surface area contributed by atoms with Gasteiger partial charge < -0.3 is 0 Å². The van der Waals surface area contributed by atoms with Crippen LogP contribution in [0.4, 0.5) is 4.39 Å². The van der Waals surface area contributed by atoms with Crippen molar-refractivity contribution >= 4 is 30.1 Å². The second-order valence-electron chi connectivity index (χ2n) is 9.82. The summed E-state index contributed by atoms with van der Waals surface area (Å²) in [6, 6.07) is 4.50. The van der Waals surface area contributed by atoms with Crippen molar-refractivity contribution in [3.8, 4) is 0 Å². The molecule has 0 saturated carbocycles. The first kappa shape index (κ1) is 28.8. The fraction of sp³-hybridized carbons (Fsp3) is 0.344. The summed E-state index contributed by atoms with van der Waals surface area (Å²) in [5.41, 5.74) is 11.9. The van der Waals surface area contributed by atoms with Gasteiger partial charge in [0, 0.05) is 12.0 Å². The van der Waals surface area contributed by atoms with Crippen molar-refractivity contribution in [1.29, 1.82) is 0 Å². The summed E-state index contributed by atoms with van der Waals surface area (Å²) in [7, 11) is 5.57. The Hall–Kier alpha value is -2.45.